The molecule has 4 aromatic rings. The fourth-order valence-corrected chi connectivity index (χ4v) is 4.21. The Balaban J connectivity index is 1.70. The summed E-state index contributed by atoms with van der Waals surface area (Å²) in [6.45, 7) is 2.16. The van der Waals surface area contributed by atoms with E-state index in [1.165, 1.54) is 19.2 Å². The van der Waals surface area contributed by atoms with Crippen molar-refractivity contribution in [2.24, 2.45) is 0 Å². The molecule has 3 aromatic carbocycles. The van der Waals surface area contributed by atoms with Crippen LogP contribution in [0.25, 0.3) is 22.0 Å². The number of carbonyl (C=O) groups excluding carboxylic acids is 1. The molecule has 0 atom stereocenters. The maximum absolute atomic E-state index is 13.3. The smallest absolute Gasteiger partial charge is 0.416 e. The van der Waals surface area contributed by atoms with Crippen molar-refractivity contribution < 1.29 is 27.4 Å². The number of nitrogens with one attached hydrogen (secondary N) is 1. The number of fused-ring (bicyclic) bond motifs is 1. The van der Waals surface area contributed by atoms with Crippen LogP contribution in [-0.2, 0) is 15.7 Å². The van der Waals surface area contributed by atoms with Crippen molar-refractivity contribution >= 4 is 34.3 Å². The van der Waals surface area contributed by atoms with Crippen molar-refractivity contribution in [3.63, 3.8) is 0 Å². The number of benzene rings is 3. The second-order valence-electron chi connectivity index (χ2n) is 8.45. The van der Waals surface area contributed by atoms with Crippen LogP contribution in [-0.4, -0.2) is 49.4 Å². The Morgan fingerprint density at radius 3 is 2.46 bits per heavy atom. The second-order valence-corrected chi connectivity index (χ2v) is 8.45. The van der Waals surface area contributed by atoms with Crippen molar-refractivity contribution in [2.45, 2.75) is 6.18 Å². The van der Waals surface area contributed by atoms with Gasteiger partial charge in [0.15, 0.2) is 0 Å². The lowest BCUT2D eigenvalue weighted by Crippen LogP contribution is -2.37. The minimum absolute atomic E-state index is 0.203. The summed E-state index contributed by atoms with van der Waals surface area (Å²) >= 11 is 0. The number of alkyl halides is 3. The molecule has 0 bridgehead atoms. The van der Waals surface area contributed by atoms with Gasteiger partial charge in [-0.1, -0.05) is 36.4 Å². The van der Waals surface area contributed by atoms with E-state index in [-0.39, 0.29) is 17.1 Å². The summed E-state index contributed by atoms with van der Waals surface area (Å²) in [6.07, 6.45) is -4.49. The summed E-state index contributed by atoms with van der Waals surface area (Å²) in [5.74, 6) is 0.133. The third kappa shape index (κ3) is 5.19. The first-order chi connectivity index (χ1) is 17.8. The van der Waals surface area contributed by atoms with Gasteiger partial charge in [0.25, 0.3) is 0 Å². The van der Waals surface area contributed by atoms with Gasteiger partial charge in [0, 0.05) is 24.2 Å². The number of anilines is 3. The van der Waals surface area contributed by atoms with Gasteiger partial charge in [-0.25, -0.2) is 9.78 Å². The third-order valence-corrected chi connectivity index (χ3v) is 6.06. The van der Waals surface area contributed by atoms with E-state index in [1.807, 2.05) is 35.2 Å². The van der Waals surface area contributed by atoms with Gasteiger partial charge >= 0.3 is 12.1 Å². The fourth-order valence-electron chi connectivity index (χ4n) is 4.21. The molecule has 10 heteroatoms. The summed E-state index contributed by atoms with van der Waals surface area (Å²) in [5, 5.41) is 3.49. The van der Waals surface area contributed by atoms with Crippen LogP contribution >= 0.6 is 0 Å². The SMILES string of the molecule is COC(=O)c1cc2c(Nc3cccc(C(F)(F)F)c3)nc(N3CCOCC3)nc2cc1-c1ccccc1. The maximum atomic E-state index is 13.3. The van der Waals surface area contributed by atoms with Crippen molar-refractivity contribution in [1.82, 2.24) is 9.97 Å². The van der Waals surface area contributed by atoms with E-state index in [4.69, 9.17) is 14.5 Å². The molecule has 1 aliphatic rings. The molecule has 0 saturated carbocycles. The van der Waals surface area contributed by atoms with Gasteiger partial charge < -0.3 is 19.7 Å². The molecule has 5 rings (SSSR count). The van der Waals surface area contributed by atoms with Gasteiger partial charge in [0.05, 0.1) is 37.0 Å². The molecule has 1 fully saturated rings. The molecule has 1 aromatic heterocycles. The molecule has 1 aliphatic heterocycles. The Morgan fingerprint density at radius 2 is 1.76 bits per heavy atom. The Morgan fingerprint density at radius 1 is 1.00 bits per heavy atom. The van der Waals surface area contributed by atoms with Crippen LogP contribution in [0, 0.1) is 0 Å². The normalized spacial score (nSPS) is 14.0. The minimum atomic E-state index is -4.49. The quantitative estimate of drug-likeness (QED) is 0.348. The molecule has 190 valence electrons. The Hall–Kier alpha value is -4.18. The van der Waals surface area contributed by atoms with Gasteiger partial charge in [-0.05, 0) is 41.5 Å². The van der Waals surface area contributed by atoms with Gasteiger partial charge in [-0.15, -0.1) is 0 Å². The van der Waals surface area contributed by atoms with E-state index in [0.29, 0.717) is 48.7 Å². The van der Waals surface area contributed by atoms with E-state index >= 15 is 0 Å². The number of nitrogens with zero attached hydrogens (tertiary/aromatic N) is 3. The van der Waals surface area contributed by atoms with Crippen molar-refractivity contribution in [2.75, 3.05) is 43.6 Å². The topological polar surface area (TPSA) is 76.6 Å². The lowest BCUT2D eigenvalue weighted by atomic mass is 9.97. The monoisotopic (exact) mass is 508 g/mol. The Bertz CT molecular complexity index is 1440. The van der Waals surface area contributed by atoms with E-state index in [2.05, 4.69) is 10.3 Å². The van der Waals surface area contributed by atoms with E-state index < -0.39 is 17.7 Å². The van der Waals surface area contributed by atoms with E-state index in [9.17, 15) is 18.0 Å². The predicted octanol–water partition coefficient (Wildman–Crippen LogP) is 5.68. The number of esters is 1. The molecule has 0 spiro atoms. The highest BCUT2D eigenvalue weighted by atomic mass is 19.4. The molecule has 0 radical (unpaired) electrons. The zero-order valence-corrected chi connectivity index (χ0v) is 19.9. The van der Waals surface area contributed by atoms with Crippen molar-refractivity contribution in [3.05, 3.63) is 77.9 Å². The molecule has 0 aliphatic carbocycles. The lowest BCUT2D eigenvalue weighted by Gasteiger charge is -2.27. The molecule has 37 heavy (non-hydrogen) atoms. The van der Waals surface area contributed by atoms with Crippen molar-refractivity contribution in [3.8, 4) is 11.1 Å². The number of halogens is 3. The van der Waals surface area contributed by atoms with Crippen LogP contribution in [0.4, 0.5) is 30.6 Å². The molecular formula is C27H23F3N4O3. The standard InChI is InChI=1S/C27H23F3N4O3/c1-36-25(35)21-15-22-23(16-20(21)17-6-3-2-4-7-17)32-26(34-10-12-37-13-11-34)33-24(22)31-19-9-5-8-18(14-19)27(28,29)30/h2-9,14-16H,10-13H2,1H3,(H,31,32,33). The summed E-state index contributed by atoms with van der Waals surface area (Å²) < 4.78 is 50.5. The molecule has 2 heterocycles. The second kappa shape index (κ2) is 10.1. The third-order valence-electron chi connectivity index (χ3n) is 6.06. The van der Waals surface area contributed by atoms with Crippen LogP contribution in [0.2, 0.25) is 0 Å². The largest absolute Gasteiger partial charge is 0.465 e. The Labute approximate surface area is 210 Å². The highest BCUT2D eigenvalue weighted by Gasteiger charge is 2.30. The molecule has 7 nitrogen and oxygen atoms in total. The number of hydrogen-bond acceptors (Lipinski definition) is 7. The highest BCUT2D eigenvalue weighted by Crippen LogP contribution is 2.35. The number of methoxy groups -OCH3 is 1. The first kappa shape index (κ1) is 24.5. The minimum Gasteiger partial charge on any atom is -0.465 e. The highest BCUT2D eigenvalue weighted by molar-refractivity contribution is 6.05. The van der Waals surface area contributed by atoms with Gasteiger partial charge in [0.1, 0.15) is 5.82 Å². The van der Waals surface area contributed by atoms with Gasteiger partial charge in [-0.2, -0.15) is 18.2 Å². The Kier molecular flexibility index (Phi) is 6.66. The number of carbonyl (C=O) groups is 1. The maximum Gasteiger partial charge on any atom is 0.416 e. The van der Waals surface area contributed by atoms with Crippen LogP contribution in [0.1, 0.15) is 15.9 Å². The van der Waals surface area contributed by atoms with Crippen molar-refractivity contribution in [1.29, 1.82) is 0 Å². The van der Waals surface area contributed by atoms with Crippen LogP contribution in [0.5, 0.6) is 0 Å². The summed E-state index contributed by atoms with van der Waals surface area (Å²) in [4.78, 5) is 24.1. The molecular weight excluding hydrogens is 485 g/mol. The summed E-state index contributed by atoms with van der Waals surface area (Å²) in [7, 11) is 1.29. The van der Waals surface area contributed by atoms with E-state index in [1.54, 1.807) is 12.1 Å². The molecule has 1 saturated heterocycles. The number of rotatable bonds is 5. The molecule has 0 amide bonds. The molecule has 0 unspecified atom stereocenters. The zero-order valence-electron chi connectivity index (χ0n) is 19.9. The molecule has 1 N–H and O–H groups in total. The van der Waals surface area contributed by atoms with Gasteiger partial charge in [0.2, 0.25) is 5.95 Å². The number of hydrogen-bond donors (Lipinski definition) is 1. The lowest BCUT2D eigenvalue weighted by molar-refractivity contribution is -0.137. The van der Waals surface area contributed by atoms with E-state index in [0.717, 1.165) is 17.7 Å². The van der Waals surface area contributed by atoms with Crippen LogP contribution in [0.3, 0.4) is 0 Å². The predicted molar refractivity (Wildman–Crippen MR) is 134 cm³/mol. The number of morpholine rings is 1. The van der Waals surface area contributed by atoms with Crippen LogP contribution in [0.15, 0.2) is 66.7 Å². The first-order valence-corrected chi connectivity index (χ1v) is 11.6. The summed E-state index contributed by atoms with van der Waals surface area (Å²) in [6, 6.07) is 17.6. The van der Waals surface area contributed by atoms with Gasteiger partial charge in [-0.3, -0.25) is 0 Å². The number of aromatic nitrogens is 2. The fraction of sp³-hybridized carbons (Fsp3) is 0.222. The average Bonchev–Trinajstić information content (AvgIpc) is 2.92. The summed E-state index contributed by atoms with van der Waals surface area (Å²) in [5.41, 5.74) is 1.65. The first-order valence-electron chi connectivity index (χ1n) is 11.6. The van der Waals surface area contributed by atoms with Crippen LogP contribution < -0.4 is 10.2 Å². The number of ether oxygens (including phenoxy) is 2. The zero-order chi connectivity index (χ0) is 26.0. The average molecular weight is 509 g/mol.